The number of nitrogens with zero attached hydrogens (tertiary/aromatic N) is 4. The number of hydrogen-bond donors (Lipinski definition) is 1. The number of aromatic nitrogens is 3. The summed E-state index contributed by atoms with van der Waals surface area (Å²) in [6, 6.07) is 3.13. The Balaban J connectivity index is 1.37. The molecule has 27 heavy (non-hydrogen) atoms. The molecule has 3 atom stereocenters. The van der Waals surface area contributed by atoms with Gasteiger partial charge in [-0.2, -0.15) is 5.10 Å². The molecule has 1 aliphatic carbocycles. The Kier molecular flexibility index (Phi) is 5.00. The van der Waals surface area contributed by atoms with Gasteiger partial charge in [0.2, 0.25) is 0 Å². The van der Waals surface area contributed by atoms with Gasteiger partial charge in [0, 0.05) is 48.8 Å². The van der Waals surface area contributed by atoms with Gasteiger partial charge in [-0.1, -0.05) is 0 Å². The van der Waals surface area contributed by atoms with Gasteiger partial charge in [-0.3, -0.25) is 19.4 Å². The van der Waals surface area contributed by atoms with Crippen LogP contribution in [0, 0.1) is 12.8 Å². The molecule has 2 aliphatic rings. The van der Waals surface area contributed by atoms with Crippen LogP contribution in [-0.4, -0.2) is 44.2 Å². The molecular weight excluding hydrogens is 338 g/mol. The van der Waals surface area contributed by atoms with Crippen molar-refractivity contribution in [2.75, 3.05) is 6.54 Å². The molecule has 1 N–H and O–H groups in total. The van der Waals surface area contributed by atoms with Crippen LogP contribution in [0.3, 0.4) is 0 Å². The zero-order valence-corrected chi connectivity index (χ0v) is 16.4. The molecule has 1 saturated carbocycles. The third-order valence-corrected chi connectivity index (χ3v) is 6.03. The number of aryl methyl sites for hydroxylation is 1. The monoisotopic (exact) mass is 367 g/mol. The van der Waals surface area contributed by atoms with Crippen LogP contribution < -0.4 is 5.32 Å². The van der Waals surface area contributed by atoms with Crippen LogP contribution >= 0.6 is 0 Å². The van der Waals surface area contributed by atoms with Crippen molar-refractivity contribution in [1.29, 1.82) is 0 Å². The number of likely N-dealkylation sites (tertiary alicyclic amines) is 1. The Morgan fingerprint density at radius 1 is 1.26 bits per heavy atom. The van der Waals surface area contributed by atoms with Gasteiger partial charge < -0.3 is 5.32 Å². The Morgan fingerprint density at radius 2 is 2.11 bits per heavy atom. The quantitative estimate of drug-likeness (QED) is 0.883. The summed E-state index contributed by atoms with van der Waals surface area (Å²) in [6.07, 6.45) is 11.0. The third kappa shape index (κ3) is 3.76. The number of fused-ring (bicyclic) bond motifs is 1. The fourth-order valence-electron chi connectivity index (χ4n) is 4.66. The summed E-state index contributed by atoms with van der Waals surface area (Å²) in [6.45, 7) is 8.32. The first-order valence-corrected chi connectivity index (χ1v) is 10.0. The normalized spacial score (nSPS) is 25.1. The van der Waals surface area contributed by atoms with E-state index in [1.54, 1.807) is 12.4 Å². The summed E-state index contributed by atoms with van der Waals surface area (Å²) in [7, 11) is 0. The van der Waals surface area contributed by atoms with Gasteiger partial charge in [0.25, 0.3) is 5.91 Å². The van der Waals surface area contributed by atoms with Crippen LogP contribution in [0.1, 0.15) is 60.6 Å². The lowest BCUT2D eigenvalue weighted by Crippen LogP contribution is -2.39. The molecule has 0 radical (unpaired) electrons. The first-order chi connectivity index (χ1) is 13.0. The largest absolute Gasteiger partial charge is 0.349 e. The van der Waals surface area contributed by atoms with E-state index in [1.165, 1.54) is 5.56 Å². The molecule has 2 aromatic heterocycles. The minimum atomic E-state index is 0.00788. The zero-order valence-electron chi connectivity index (χ0n) is 16.4. The van der Waals surface area contributed by atoms with Crippen molar-refractivity contribution in [2.24, 2.45) is 5.92 Å². The van der Waals surface area contributed by atoms with Crippen molar-refractivity contribution >= 4 is 5.91 Å². The molecule has 0 aromatic carbocycles. The van der Waals surface area contributed by atoms with Crippen molar-refractivity contribution < 1.29 is 4.79 Å². The van der Waals surface area contributed by atoms with Crippen LogP contribution in [0.4, 0.5) is 0 Å². The summed E-state index contributed by atoms with van der Waals surface area (Å²) in [5.74, 6) is 0.556. The first kappa shape index (κ1) is 18.2. The molecule has 1 saturated heterocycles. The van der Waals surface area contributed by atoms with Gasteiger partial charge >= 0.3 is 0 Å². The second kappa shape index (κ2) is 7.43. The van der Waals surface area contributed by atoms with Gasteiger partial charge in [-0.25, -0.2) is 0 Å². The first-order valence-electron chi connectivity index (χ1n) is 10.0. The maximum atomic E-state index is 12.6. The minimum Gasteiger partial charge on any atom is -0.349 e. The highest BCUT2D eigenvalue weighted by atomic mass is 16.1. The zero-order chi connectivity index (χ0) is 19.0. The van der Waals surface area contributed by atoms with Crippen LogP contribution in [0.2, 0.25) is 0 Å². The molecule has 4 rings (SSSR count). The van der Waals surface area contributed by atoms with Gasteiger partial charge in [0.1, 0.15) is 0 Å². The number of pyridine rings is 1. The van der Waals surface area contributed by atoms with E-state index in [-0.39, 0.29) is 11.9 Å². The molecule has 1 aliphatic heterocycles. The fourth-order valence-corrected chi connectivity index (χ4v) is 4.66. The Labute approximate surface area is 161 Å². The van der Waals surface area contributed by atoms with Crippen molar-refractivity contribution in [3.8, 4) is 0 Å². The number of carbonyl (C=O) groups is 1. The lowest BCUT2D eigenvalue weighted by atomic mass is 9.99. The molecule has 144 valence electrons. The Bertz CT molecular complexity index is 814. The van der Waals surface area contributed by atoms with E-state index >= 15 is 0 Å². The van der Waals surface area contributed by atoms with Crippen LogP contribution in [0.5, 0.6) is 0 Å². The number of nitrogens with one attached hydrogen (secondary N) is 1. The van der Waals surface area contributed by atoms with Gasteiger partial charge in [-0.05, 0) is 64.1 Å². The van der Waals surface area contributed by atoms with Crippen LogP contribution in [0.25, 0.3) is 0 Å². The highest BCUT2D eigenvalue weighted by Gasteiger charge is 2.44. The SMILES string of the molecule is Cc1cncc(C(=O)N[C@H]2CC[C@@H]3[C@H]2CCN3Cc2cnn(C(C)C)c2)c1. The lowest BCUT2D eigenvalue weighted by molar-refractivity contribution is 0.0926. The summed E-state index contributed by atoms with van der Waals surface area (Å²) < 4.78 is 2.02. The van der Waals surface area contributed by atoms with E-state index in [1.807, 2.05) is 23.9 Å². The highest BCUT2D eigenvalue weighted by Crippen LogP contribution is 2.39. The molecule has 6 heteroatoms. The molecule has 1 amide bonds. The molecule has 0 bridgehead atoms. The average molecular weight is 367 g/mol. The predicted octanol–water partition coefficient (Wildman–Crippen LogP) is 2.95. The summed E-state index contributed by atoms with van der Waals surface area (Å²) in [5.41, 5.74) is 2.96. The van der Waals surface area contributed by atoms with Crippen molar-refractivity contribution in [1.82, 2.24) is 25.0 Å². The van der Waals surface area contributed by atoms with E-state index in [2.05, 4.69) is 40.3 Å². The lowest BCUT2D eigenvalue weighted by Gasteiger charge is -2.24. The second-order valence-electron chi connectivity index (χ2n) is 8.32. The second-order valence-corrected chi connectivity index (χ2v) is 8.32. The van der Waals surface area contributed by atoms with E-state index < -0.39 is 0 Å². The van der Waals surface area contributed by atoms with Gasteiger partial charge in [0.15, 0.2) is 0 Å². The smallest absolute Gasteiger partial charge is 0.253 e. The molecule has 3 heterocycles. The topological polar surface area (TPSA) is 63.1 Å². The molecule has 2 fully saturated rings. The van der Waals surface area contributed by atoms with Crippen molar-refractivity contribution in [3.63, 3.8) is 0 Å². The highest BCUT2D eigenvalue weighted by molar-refractivity contribution is 5.94. The summed E-state index contributed by atoms with van der Waals surface area (Å²) in [5, 5.41) is 7.74. The molecule has 0 unspecified atom stereocenters. The summed E-state index contributed by atoms with van der Waals surface area (Å²) in [4.78, 5) is 19.3. The summed E-state index contributed by atoms with van der Waals surface area (Å²) >= 11 is 0. The number of hydrogen-bond acceptors (Lipinski definition) is 4. The van der Waals surface area contributed by atoms with Gasteiger partial charge in [-0.15, -0.1) is 0 Å². The minimum absolute atomic E-state index is 0.00788. The van der Waals surface area contributed by atoms with E-state index in [9.17, 15) is 4.79 Å². The third-order valence-electron chi connectivity index (χ3n) is 6.03. The maximum absolute atomic E-state index is 12.6. The fraction of sp³-hybridized carbons (Fsp3) is 0.571. The number of amides is 1. The number of carbonyl (C=O) groups excluding carboxylic acids is 1. The van der Waals surface area contributed by atoms with Crippen LogP contribution in [-0.2, 0) is 6.54 Å². The molecule has 6 nitrogen and oxygen atoms in total. The van der Waals surface area contributed by atoms with Crippen molar-refractivity contribution in [3.05, 3.63) is 47.5 Å². The standard InChI is InChI=1S/C21H29N5O/c1-14(2)26-13-16(10-23-26)12-25-7-6-18-19(4-5-20(18)25)24-21(27)17-8-15(3)9-22-11-17/h8-11,13-14,18-20H,4-7,12H2,1-3H3,(H,24,27)/t18-,19-,20+/m0/s1. The van der Waals surface area contributed by atoms with Gasteiger partial charge in [0.05, 0.1) is 11.8 Å². The molecular formula is C21H29N5O. The maximum Gasteiger partial charge on any atom is 0.253 e. The van der Waals surface area contributed by atoms with Crippen LogP contribution in [0.15, 0.2) is 30.9 Å². The predicted molar refractivity (Wildman–Crippen MR) is 104 cm³/mol. The Hall–Kier alpha value is -2.21. The Morgan fingerprint density at radius 3 is 2.85 bits per heavy atom. The van der Waals surface area contributed by atoms with E-state index in [0.717, 1.165) is 37.9 Å². The average Bonchev–Trinajstić information content (AvgIpc) is 3.34. The van der Waals surface area contributed by atoms with E-state index in [0.29, 0.717) is 23.6 Å². The van der Waals surface area contributed by atoms with Crippen molar-refractivity contribution in [2.45, 2.75) is 64.7 Å². The molecule has 0 spiro atoms. The number of rotatable bonds is 5. The molecule has 2 aromatic rings. The van der Waals surface area contributed by atoms with E-state index in [4.69, 9.17) is 0 Å².